The lowest BCUT2D eigenvalue weighted by Crippen LogP contribution is -2.30. The molecule has 0 radical (unpaired) electrons. The molecule has 1 aromatic heterocycles. The Balaban J connectivity index is 2.27. The molecule has 1 aromatic rings. The number of likely N-dealkylation sites (tertiary alicyclic amines) is 1. The summed E-state index contributed by atoms with van der Waals surface area (Å²) in [5.74, 6) is -0.915. The van der Waals surface area contributed by atoms with Gasteiger partial charge in [0.15, 0.2) is 0 Å². The number of aromatic nitrogens is 1. The second kappa shape index (κ2) is 5.47. The fourth-order valence-corrected chi connectivity index (χ4v) is 2.73. The fraction of sp³-hybridized carbons (Fsp3) is 0.571. The van der Waals surface area contributed by atoms with E-state index < -0.39 is 5.97 Å². The zero-order valence-corrected chi connectivity index (χ0v) is 11.5. The number of carbonyl (C=O) groups excluding carboxylic acids is 1. The maximum absolute atomic E-state index is 12.2. The minimum atomic E-state index is -0.950. The molecule has 0 aliphatic carbocycles. The van der Waals surface area contributed by atoms with E-state index >= 15 is 0 Å². The summed E-state index contributed by atoms with van der Waals surface area (Å²) in [6, 6.07) is 0. The summed E-state index contributed by atoms with van der Waals surface area (Å²) in [6.07, 6.45) is 4.09. The molecule has 0 atom stereocenters. The van der Waals surface area contributed by atoms with Crippen molar-refractivity contribution in [2.24, 2.45) is 0 Å². The summed E-state index contributed by atoms with van der Waals surface area (Å²) in [5, 5.41) is 9.30. The monoisotopic (exact) mass is 264 g/mol. The van der Waals surface area contributed by atoms with Gasteiger partial charge in [-0.3, -0.25) is 4.79 Å². The van der Waals surface area contributed by atoms with Crippen molar-refractivity contribution in [1.29, 1.82) is 0 Å². The fourth-order valence-electron chi connectivity index (χ4n) is 2.73. The number of hydrogen-bond donors (Lipinski definition) is 1. The molecule has 5 nitrogen and oxygen atoms in total. The van der Waals surface area contributed by atoms with E-state index in [2.05, 4.69) is 0 Å². The van der Waals surface area contributed by atoms with Crippen molar-refractivity contribution >= 4 is 11.9 Å². The molecule has 1 N–H and O–H groups in total. The van der Waals surface area contributed by atoms with E-state index in [1.807, 2.05) is 22.6 Å². The molecule has 104 valence electrons. The third-order valence-electron chi connectivity index (χ3n) is 3.71. The number of carbonyl (C=O) groups is 2. The van der Waals surface area contributed by atoms with E-state index in [1.165, 1.54) is 0 Å². The van der Waals surface area contributed by atoms with Gasteiger partial charge in [-0.05, 0) is 32.3 Å². The molecule has 19 heavy (non-hydrogen) atoms. The van der Waals surface area contributed by atoms with Crippen LogP contribution in [-0.2, 0) is 17.8 Å². The van der Waals surface area contributed by atoms with Gasteiger partial charge in [-0.25, -0.2) is 4.79 Å². The largest absolute Gasteiger partial charge is 0.478 e. The van der Waals surface area contributed by atoms with Gasteiger partial charge in [-0.2, -0.15) is 0 Å². The maximum atomic E-state index is 12.2. The van der Waals surface area contributed by atoms with E-state index in [9.17, 15) is 14.7 Å². The first-order chi connectivity index (χ1) is 9.04. The summed E-state index contributed by atoms with van der Waals surface area (Å²) >= 11 is 0. The molecule has 1 saturated heterocycles. The Bertz CT molecular complexity index is 499. The Morgan fingerprint density at radius 1 is 1.32 bits per heavy atom. The highest BCUT2D eigenvalue weighted by Gasteiger charge is 2.24. The SMILES string of the molecule is CCn1cc(C)c(C(=O)O)c1CC(=O)N1CCCC1. The minimum Gasteiger partial charge on any atom is -0.478 e. The van der Waals surface area contributed by atoms with Crippen LogP contribution in [0.5, 0.6) is 0 Å². The van der Waals surface area contributed by atoms with Gasteiger partial charge in [0.1, 0.15) is 0 Å². The Morgan fingerprint density at radius 3 is 2.47 bits per heavy atom. The quantitative estimate of drug-likeness (QED) is 0.900. The predicted molar refractivity (Wildman–Crippen MR) is 71.3 cm³/mol. The Kier molecular flexibility index (Phi) is 3.93. The van der Waals surface area contributed by atoms with Crippen molar-refractivity contribution in [3.63, 3.8) is 0 Å². The number of nitrogens with zero attached hydrogens (tertiary/aromatic N) is 2. The van der Waals surface area contributed by atoms with Gasteiger partial charge in [0, 0.05) is 31.5 Å². The van der Waals surface area contributed by atoms with E-state index in [-0.39, 0.29) is 17.9 Å². The highest BCUT2D eigenvalue weighted by molar-refractivity contribution is 5.93. The summed E-state index contributed by atoms with van der Waals surface area (Å²) in [4.78, 5) is 25.4. The smallest absolute Gasteiger partial charge is 0.337 e. The average molecular weight is 264 g/mol. The molecular weight excluding hydrogens is 244 g/mol. The van der Waals surface area contributed by atoms with E-state index in [0.29, 0.717) is 12.2 Å². The maximum Gasteiger partial charge on any atom is 0.337 e. The number of aryl methyl sites for hydroxylation is 2. The highest BCUT2D eigenvalue weighted by Crippen LogP contribution is 2.20. The molecular formula is C14H20N2O3. The van der Waals surface area contributed by atoms with E-state index in [1.54, 1.807) is 6.92 Å². The van der Waals surface area contributed by atoms with Gasteiger partial charge < -0.3 is 14.6 Å². The van der Waals surface area contributed by atoms with Crippen LogP contribution in [0.3, 0.4) is 0 Å². The number of carboxylic acid groups (broad SMARTS) is 1. The first-order valence-corrected chi connectivity index (χ1v) is 6.74. The second-order valence-electron chi connectivity index (χ2n) is 4.99. The lowest BCUT2D eigenvalue weighted by atomic mass is 10.1. The Morgan fingerprint density at radius 2 is 1.95 bits per heavy atom. The standard InChI is InChI=1S/C14H20N2O3/c1-3-15-9-10(2)13(14(18)19)11(15)8-12(17)16-6-4-5-7-16/h9H,3-8H2,1-2H3,(H,18,19). The van der Waals surface area contributed by atoms with Crippen molar-refractivity contribution in [3.8, 4) is 0 Å². The van der Waals surface area contributed by atoms with Crippen LogP contribution in [0, 0.1) is 6.92 Å². The van der Waals surface area contributed by atoms with Gasteiger partial charge in [-0.15, -0.1) is 0 Å². The number of rotatable bonds is 4. The van der Waals surface area contributed by atoms with E-state index in [4.69, 9.17) is 0 Å². The van der Waals surface area contributed by atoms with Gasteiger partial charge in [0.2, 0.25) is 5.91 Å². The lowest BCUT2D eigenvalue weighted by Gasteiger charge is -2.16. The molecule has 2 rings (SSSR count). The zero-order valence-electron chi connectivity index (χ0n) is 11.5. The van der Waals surface area contributed by atoms with Crippen molar-refractivity contribution < 1.29 is 14.7 Å². The normalized spacial score (nSPS) is 14.9. The number of amides is 1. The van der Waals surface area contributed by atoms with Crippen LogP contribution >= 0.6 is 0 Å². The van der Waals surface area contributed by atoms with Crippen LogP contribution in [0.1, 0.15) is 41.4 Å². The van der Waals surface area contributed by atoms with Crippen LogP contribution in [0.15, 0.2) is 6.20 Å². The highest BCUT2D eigenvalue weighted by atomic mass is 16.4. The Hall–Kier alpha value is -1.78. The summed E-state index contributed by atoms with van der Waals surface area (Å²) < 4.78 is 1.87. The minimum absolute atomic E-state index is 0.0350. The van der Waals surface area contributed by atoms with Crippen LogP contribution in [0.4, 0.5) is 0 Å². The first-order valence-electron chi connectivity index (χ1n) is 6.74. The summed E-state index contributed by atoms with van der Waals surface area (Å²) in [7, 11) is 0. The third-order valence-corrected chi connectivity index (χ3v) is 3.71. The molecule has 0 unspecified atom stereocenters. The van der Waals surface area contributed by atoms with Gasteiger partial charge >= 0.3 is 5.97 Å². The van der Waals surface area contributed by atoms with Crippen LogP contribution in [0.2, 0.25) is 0 Å². The van der Waals surface area contributed by atoms with Gasteiger partial charge in [0.05, 0.1) is 12.0 Å². The third kappa shape index (κ3) is 2.64. The summed E-state index contributed by atoms with van der Waals surface area (Å²) in [6.45, 7) is 6.01. The summed E-state index contributed by atoms with van der Waals surface area (Å²) in [5.41, 5.74) is 1.64. The van der Waals surface area contributed by atoms with Crippen molar-refractivity contribution in [3.05, 3.63) is 23.0 Å². The van der Waals surface area contributed by atoms with E-state index in [0.717, 1.165) is 31.5 Å². The van der Waals surface area contributed by atoms with Crippen LogP contribution < -0.4 is 0 Å². The van der Waals surface area contributed by atoms with Crippen molar-refractivity contribution in [1.82, 2.24) is 9.47 Å². The predicted octanol–water partition coefficient (Wildman–Crippen LogP) is 1.68. The van der Waals surface area contributed by atoms with Gasteiger partial charge in [-0.1, -0.05) is 0 Å². The molecule has 2 heterocycles. The molecule has 0 aromatic carbocycles. The van der Waals surface area contributed by atoms with Crippen molar-refractivity contribution in [2.45, 2.75) is 39.7 Å². The van der Waals surface area contributed by atoms with Crippen LogP contribution in [-0.4, -0.2) is 39.5 Å². The van der Waals surface area contributed by atoms with Gasteiger partial charge in [0.25, 0.3) is 0 Å². The molecule has 5 heteroatoms. The topological polar surface area (TPSA) is 62.5 Å². The Labute approximate surface area is 112 Å². The average Bonchev–Trinajstić information content (AvgIpc) is 2.96. The molecule has 1 amide bonds. The van der Waals surface area contributed by atoms with Crippen LogP contribution in [0.25, 0.3) is 0 Å². The molecule has 0 spiro atoms. The van der Waals surface area contributed by atoms with Crippen molar-refractivity contribution in [2.75, 3.05) is 13.1 Å². The lowest BCUT2D eigenvalue weighted by molar-refractivity contribution is -0.129. The molecule has 0 bridgehead atoms. The number of carboxylic acids is 1. The first kappa shape index (κ1) is 13.6. The zero-order chi connectivity index (χ0) is 14.0. The molecule has 1 aliphatic rings. The molecule has 0 saturated carbocycles. The second-order valence-corrected chi connectivity index (χ2v) is 4.99. The number of hydrogen-bond acceptors (Lipinski definition) is 2. The molecule has 1 fully saturated rings. The number of aromatic carboxylic acids is 1. The molecule has 1 aliphatic heterocycles.